The summed E-state index contributed by atoms with van der Waals surface area (Å²) in [6.45, 7) is 0. The fraction of sp³-hybridized carbons (Fsp3) is 0.250. The third kappa shape index (κ3) is 2.59. The van der Waals surface area contributed by atoms with E-state index in [0.717, 1.165) is 0 Å². The van der Waals surface area contributed by atoms with E-state index in [4.69, 9.17) is 22.1 Å². The van der Waals surface area contributed by atoms with Gasteiger partial charge in [-0.05, 0) is 6.08 Å². The van der Waals surface area contributed by atoms with Gasteiger partial charge in [-0.25, -0.2) is 9.97 Å². The molecule has 0 radical (unpaired) electrons. The van der Waals surface area contributed by atoms with Crippen LogP contribution in [-0.4, -0.2) is 23.0 Å². The molecule has 5 heteroatoms. The molecule has 0 aliphatic rings. The van der Waals surface area contributed by atoms with Gasteiger partial charge in [-0.3, -0.25) is 0 Å². The molecule has 2 N–H and O–H groups in total. The maximum absolute atomic E-state index is 5.48. The predicted octanol–water partition coefficient (Wildman–Crippen LogP) is 1.32. The zero-order valence-electron chi connectivity index (χ0n) is 7.20. The van der Waals surface area contributed by atoms with Crippen molar-refractivity contribution in [2.24, 2.45) is 0 Å². The summed E-state index contributed by atoms with van der Waals surface area (Å²) in [5.41, 5.74) is 6.15. The molecule has 0 saturated heterocycles. The first kappa shape index (κ1) is 9.80. The number of nitrogen functional groups attached to an aromatic ring is 1. The van der Waals surface area contributed by atoms with Gasteiger partial charge in [-0.15, -0.1) is 11.6 Å². The van der Waals surface area contributed by atoms with E-state index in [0.29, 0.717) is 17.5 Å². The Hall–Kier alpha value is -1.29. The van der Waals surface area contributed by atoms with Crippen molar-refractivity contribution in [2.45, 2.75) is 0 Å². The molecule has 0 atom stereocenters. The van der Waals surface area contributed by atoms with Gasteiger partial charge in [-0.1, -0.05) is 6.08 Å². The minimum absolute atomic E-state index is 0.283. The molecule has 0 fully saturated rings. The zero-order valence-corrected chi connectivity index (χ0v) is 7.95. The van der Waals surface area contributed by atoms with Gasteiger partial charge >= 0.3 is 0 Å². The predicted molar refractivity (Wildman–Crippen MR) is 52.8 cm³/mol. The number of anilines is 1. The number of aromatic nitrogens is 2. The molecule has 13 heavy (non-hydrogen) atoms. The maximum atomic E-state index is 5.48. The van der Waals surface area contributed by atoms with Crippen LogP contribution in [-0.2, 0) is 0 Å². The molecule has 1 heterocycles. The standard InChI is InChI=1S/C8H10ClN3O/c1-13-8-7(10)11-5-6(12-8)3-2-4-9/h2-3,5H,4H2,1H3,(H2,10,11). The number of ether oxygens (including phenoxy) is 1. The van der Waals surface area contributed by atoms with E-state index in [1.54, 1.807) is 18.3 Å². The van der Waals surface area contributed by atoms with Crippen molar-refractivity contribution < 1.29 is 4.74 Å². The Kier molecular flexibility index (Phi) is 3.52. The number of rotatable bonds is 3. The van der Waals surface area contributed by atoms with Gasteiger partial charge in [-0.2, -0.15) is 0 Å². The van der Waals surface area contributed by atoms with E-state index in [9.17, 15) is 0 Å². The molecule has 0 amide bonds. The summed E-state index contributed by atoms with van der Waals surface area (Å²) in [5.74, 6) is 1.05. The molecule has 0 spiro atoms. The van der Waals surface area contributed by atoms with E-state index in [-0.39, 0.29) is 5.82 Å². The van der Waals surface area contributed by atoms with Gasteiger partial charge in [0.15, 0.2) is 5.82 Å². The highest BCUT2D eigenvalue weighted by Gasteiger charge is 2.01. The Balaban J connectivity index is 2.92. The topological polar surface area (TPSA) is 61.0 Å². The average molecular weight is 200 g/mol. The van der Waals surface area contributed by atoms with Crippen LogP contribution in [0, 0.1) is 0 Å². The van der Waals surface area contributed by atoms with Crippen molar-refractivity contribution in [3.05, 3.63) is 18.0 Å². The number of hydrogen-bond donors (Lipinski definition) is 1. The van der Waals surface area contributed by atoms with E-state index in [1.807, 2.05) is 0 Å². The second kappa shape index (κ2) is 4.67. The van der Waals surface area contributed by atoms with Crippen LogP contribution in [0.3, 0.4) is 0 Å². The molecule has 0 aromatic carbocycles. The van der Waals surface area contributed by atoms with Crippen molar-refractivity contribution in [1.29, 1.82) is 0 Å². The molecule has 4 nitrogen and oxygen atoms in total. The second-order valence-electron chi connectivity index (χ2n) is 2.25. The molecule has 0 aliphatic heterocycles. The van der Waals surface area contributed by atoms with Crippen LogP contribution in [0.25, 0.3) is 6.08 Å². The molecule has 1 rings (SSSR count). The third-order valence-electron chi connectivity index (χ3n) is 1.36. The summed E-state index contributed by atoms with van der Waals surface area (Å²) in [6.07, 6.45) is 5.07. The average Bonchev–Trinajstić information content (AvgIpc) is 2.16. The fourth-order valence-electron chi connectivity index (χ4n) is 0.790. The molecule has 0 aliphatic carbocycles. The van der Waals surface area contributed by atoms with Crippen LogP contribution >= 0.6 is 11.6 Å². The smallest absolute Gasteiger partial charge is 0.257 e. The lowest BCUT2D eigenvalue weighted by molar-refractivity contribution is 0.398. The van der Waals surface area contributed by atoms with E-state index < -0.39 is 0 Å². The van der Waals surface area contributed by atoms with Crippen molar-refractivity contribution in [1.82, 2.24) is 9.97 Å². The van der Waals surface area contributed by atoms with Crippen molar-refractivity contribution in [3.63, 3.8) is 0 Å². The first-order valence-corrected chi connectivity index (χ1v) is 4.20. The number of alkyl halides is 1. The van der Waals surface area contributed by atoms with Gasteiger partial charge in [0.05, 0.1) is 19.0 Å². The minimum Gasteiger partial charge on any atom is -0.478 e. The summed E-state index contributed by atoms with van der Waals surface area (Å²) in [7, 11) is 1.50. The largest absolute Gasteiger partial charge is 0.478 e. The molecular formula is C8H10ClN3O. The number of nitrogens with two attached hydrogens (primary N) is 1. The fourth-order valence-corrected chi connectivity index (χ4v) is 0.879. The summed E-state index contributed by atoms with van der Waals surface area (Å²) in [6, 6.07) is 0. The Morgan fingerprint density at radius 1 is 1.69 bits per heavy atom. The number of nitrogens with zero attached hydrogens (tertiary/aromatic N) is 2. The Morgan fingerprint density at radius 3 is 3.08 bits per heavy atom. The molecule has 0 unspecified atom stereocenters. The van der Waals surface area contributed by atoms with Crippen LogP contribution < -0.4 is 10.5 Å². The molecule has 70 valence electrons. The molecule has 1 aromatic rings. The minimum atomic E-state index is 0.283. The van der Waals surface area contributed by atoms with Gasteiger partial charge in [0.25, 0.3) is 5.88 Å². The highest BCUT2D eigenvalue weighted by atomic mass is 35.5. The first-order chi connectivity index (χ1) is 6.27. The normalized spacial score (nSPS) is 10.6. The summed E-state index contributed by atoms with van der Waals surface area (Å²) in [4.78, 5) is 7.97. The first-order valence-electron chi connectivity index (χ1n) is 3.67. The lowest BCUT2D eigenvalue weighted by Crippen LogP contribution is -1.99. The number of hydrogen-bond acceptors (Lipinski definition) is 4. The van der Waals surface area contributed by atoms with E-state index in [2.05, 4.69) is 9.97 Å². The Bertz CT molecular complexity index is 314. The second-order valence-corrected chi connectivity index (χ2v) is 2.55. The molecule has 0 bridgehead atoms. The van der Waals surface area contributed by atoms with Crippen molar-refractivity contribution in [2.75, 3.05) is 18.7 Å². The summed E-state index contributed by atoms with van der Waals surface area (Å²) >= 11 is 5.47. The van der Waals surface area contributed by atoms with Gasteiger partial charge in [0.1, 0.15) is 0 Å². The van der Waals surface area contributed by atoms with Crippen molar-refractivity contribution >= 4 is 23.5 Å². The quantitative estimate of drug-likeness (QED) is 0.746. The van der Waals surface area contributed by atoms with Crippen LogP contribution in [0.4, 0.5) is 5.82 Å². The van der Waals surface area contributed by atoms with Crippen LogP contribution in [0.15, 0.2) is 12.3 Å². The van der Waals surface area contributed by atoms with Gasteiger partial charge in [0.2, 0.25) is 0 Å². The van der Waals surface area contributed by atoms with E-state index >= 15 is 0 Å². The number of methoxy groups -OCH3 is 1. The van der Waals surface area contributed by atoms with Crippen LogP contribution in [0.5, 0.6) is 5.88 Å². The highest BCUT2D eigenvalue weighted by molar-refractivity contribution is 6.19. The summed E-state index contributed by atoms with van der Waals surface area (Å²) in [5, 5.41) is 0. The Morgan fingerprint density at radius 2 is 2.46 bits per heavy atom. The molecule has 0 saturated carbocycles. The monoisotopic (exact) mass is 199 g/mol. The van der Waals surface area contributed by atoms with Gasteiger partial charge < -0.3 is 10.5 Å². The van der Waals surface area contributed by atoms with Crippen molar-refractivity contribution in [3.8, 4) is 5.88 Å². The number of allylic oxidation sites excluding steroid dienone is 1. The lowest BCUT2D eigenvalue weighted by Gasteiger charge is -2.01. The van der Waals surface area contributed by atoms with E-state index in [1.165, 1.54) is 7.11 Å². The molecule has 1 aromatic heterocycles. The summed E-state index contributed by atoms with van der Waals surface area (Å²) < 4.78 is 4.90. The third-order valence-corrected chi connectivity index (χ3v) is 1.53. The zero-order chi connectivity index (χ0) is 9.68. The number of halogens is 1. The van der Waals surface area contributed by atoms with Crippen LogP contribution in [0.1, 0.15) is 5.69 Å². The SMILES string of the molecule is COc1nc(C=CCCl)cnc1N. The highest BCUT2D eigenvalue weighted by Crippen LogP contribution is 2.14. The lowest BCUT2D eigenvalue weighted by atomic mass is 10.4. The van der Waals surface area contributed by atoms with Crippen LogP contribution in [0.2, 0.25) is 0 Å². The Labute approximate surface area is 81.4 Å². The molecular weight excluding hydrogens is 190 g/mol. The van der Waals surface area contributed by atoms with Gasteiger partial charge in [0, 0.05) is 5.88 Å². The maximum Gasteiger partial charge on any atom is 0.257 e.